The van der Waals surface area contributed by atoms with E-state index in [0.717, 1.165) is 32.0 Å². The normalized spacial score (nSPS) is 23.7. The van der Waals surface area contributed by atoms with Gasteiger partial charge >= 0.3 is 0 Å². The van der Waals surface area contributed by atoms with Crippen LogP contribution in [0.4, 0.5) is 5.82 Å². The van der Waals surface area contributed by atoms with Crippen molar-refractivity contribution in [3.63, 3.8) is 0 Å². The van der Waals surface area contributed by atoms with Crippen LogP contribution in [0.5, 0.6) is 0 Å². The zero-order chi connectivity index (χ0) is 13.7. The lowest BCUT2D eigenvalue weighted by atomic mass is 10.2. The number of hydrogen-bond donors (Lipinski definition) is 1. The van der Waals surface area contributed by atoms with Crippen LogP contribution >= 0.6 is 0 Å². The van der Waals surface area contributed by atoms with Crippen LogP contribution < -0.4 is 5.32 Å². The second-order valence-corrected chi connectivity index (χ2v) is 4.78. The first-order valence-corrected chi connectivity index (χ1v) is 6.74. The molecule has 5 heteroatoms. The van der Waals surface area contributed by atoms with Crippen molar-refractivity contribution in [1.29, 1.82) is 0 Å². The van der Waals surface area contributed by atoms with Gasteiger partial charge < -0.3 is 14.8 Å². The number of anilines is 1. The van der Waals surface area contributed by atoms with Crippen molar-refractivity contribution in [1.82, 2.24) is 9.88 Å². The van der Waals surface area contributed by atoms with Crippen molar-refractivity contribution in [2.24, 2.45) is 0 Å². The summed E-state index contributed by atoms with van der Waals surface area (Å²) in [5.74, 6) is 0.972. The standard InChI is InChI=1S/C14H23N3O2/c1-4-15-14-11(6-5-7-16-14)8-17-9-12(18-2)13(10-17)19-3/h5-7,12-13H,4,8-10H2,1-3H3,(H,15,16). The number of aromatic nitrogens is 1. The lowest BCUT2D eigenvalue weighted by Gasteiger charge is -2.17. The SMILES string of the molecule is CCNc1ncccc1CN1CC(OC)C(OC)C1. The topological polar surface area (TPSA) is 46.6 Å². The maximum absolute atomic E-state index is 5.46. The summed E-state index contributed by atoms with van der Waals surface area (Å²) in [6.45, 7) is 5.63. The highest BCUT2D eigenvalue weighted by Crippen LogP contribution is 2.20. The van der Waals surface area contributed by atoms with E-state index < -0.39 is 0 Å². The number of rotatable bonds is 6. The molecule has 5 nitrogen and oxygen atoms in total. The smallest absolute Gasteiger partial charge is 0.130 e. The minimum Gasteiger partial charge on any atom is -0.377 e. The first-order valence-electron chi connectivity index (χ1n) is 6.74. The van der Waals surface area contributed by atoms with Crippen molar-refractivity contribution >= 4 is 5.82 Å². The predicted octanol–water partition coefficient (Wildman–Crippen LogP) is 1.36. The Morgan fingerprint density at radius 1 is 1.32 bits per heavy atom. The average molecular weight is 265 g/mol. The first kappa shape index (κ1) is 14.2. The van der Waals surface area contributed by atoms with E-state index in [1.54, 1.807) is 14.2 Å². The number of nitrogens with zero attached hydrogens (tertiary/aromatic N) is 2. The van der Waals surface area contributed by atoms with E-state index in [-0.39, 0.29) is 12.2 Å². The molecule has 0 amide bonds. The van der Waals surface area contributed by atoms with Crippen LogP contribution in [0, 0.1) is 0 Å². The van der Waals surface area contributed by atoms with Gasteiger partial charge in [0, 0.05) is 52.2 Å². The number of pyridine rings is 1. The molecule has 0 aromatic carbocycles. The van der Waals surface area contributed by atoms with Gasteiger partial charge in [0.1, 0.15) is 5.82 Å². The summed E-state index contributed by atoms with van der Waals surface area (Å²) in [4.78, 5) is 6.74. The Balaban J connectivity index is 2.02. The van der Waals surface area contributed by atoms with Gasteiger partial charge in [-0.25, -0.2) is 4.98 Å². The van der Waals surface area contributed by atoms with E-state index >= 15 is 0 Å². The van der Waals surface area contributed by atoms with Crippen LogP contribution in [0.3, 0.4) is 0 Å². The number of nitrogens with one attached hydrogen (secondary N) is 1. The molecule has 1 aromatic rings. The van der Waals surface area contributed by atoms with Crippen molar-refractivity contribution in [2.75, 3.05) is 39.2 Å². The molecule has 0 bridgehead atoms. The van der Waals surface area contributed by atoms with E-state index in [2.05, 4.69) is 28.2 Å². The average Bonchev–Trinajstić information content (AvgIpc) is 2.83. The van der Waals surface area contributed by atoms with Crippen LogP contribution in [0.2, 0.25) is 0 Å². The number of methoxy groups -OCH3 is 2. The highest BCUT2D eigenvalue weighted by atomic mass is 16.5. The fourth-order valence-electron chi connectivity index (χ4n) is 2.53. The number of likely N-dealkylation sites (tertiary alicyclic amines) is 1. The van der Waals surface area contributed by atoms with E-state index in [0.29, 0.717) is 0 Å². The van der Waals surface area contributed by atoms with Gasteiger partial charge in [0.05, 0.1) is 12.2 Å². The molecular formula is C14H23N3O2. The van der Waals surface area contributed by atoms with E-state index in [1.165, 1.54) is 5.56 Å². The van der Waals surface area contributed by atoms with Crippen LogP contribution in [0.25, 0.3) is 0 Å². The van der Waals surface area contributed by atoms with E-state index in [9.17, 15) is 0 Å². The summed E-state index contributed by atoms with van der Waals surface area (Å²) in [7, 11) is 3.49. The molecule has 2 unspecified atom stereocenters. The first-order chi connectivity index (χ1) is 9.28. The maximum atomic E-state index is 5.46. The minimum atomic E-state index is 0.157. The van der Waals surface area contributed by atoms with Gasteiger partial charge in [-0.1, -0.05) is 6.07 Å². The van der Waals surface area contributed by atoms with Crippen LogP contribution in [-0.2, 0) is 16.0 Å². The van der Waals surface area contributed by atoms with Gasteiger partial charge in [0.15, 0.2) is 0 Å². The molecule has 0 saturated carbocycles. The molecule has 1 saturated heterocycles. The third-order valence-electron chi connectivity index (χ3n) is 3.53. The maximum Gasteiger partial charge on any atom is 0.130 e. The molecule has 0 aliphatic carbocycles. The molecular weight excluding hydrogens is 242 g/mol. The molecule has 1 fully saturated rings. The molecule has 1 aliphatic rings. The van der Waals surface area contributed by atoms with Gasteiger partial charge in [-0.05, 0) is 13.0 Å². The van der Waals surface area contributed by atoms with Gasteiger partial charge in [0.2, 0.25) is 0 Å². The summed E-state index contributed by atoms with van der Waals surface area (Å²) in [5.41, 5.74) is 1.22. The Hall–Kier alpha value is -1.17. The largest absolute Gasteiger partial charge is 0.377 e. The highest BCUT2D eigenvalue weighted by Gasteiger charge is 2.32. The molecule has 0 radical (unpaired) electrons. The molecule has 0 spiro atoms. The predicted molar refractivity (Wildman–Crippen MR) is 75.3 cm³/mol. The van der Waals surface area contributed by atoms with Crippen LogP contribution in [0.15, 0.2) is 18.3 Å². The Morgan fingerprint density at radius 2 is 2.00 bits per heavy atom. The van der Waals surface area contributed by atoms with Crippen molar-refractivity contribution in [3.8, 4) is 0 Å². The van der Waals surface area contributed by atoms with E-state index in [4.69, 9.17) is 9.47 Å². The van der Waals surface area contributed by atoms with Crippen LogP contribution in [0.1, 0.15) is 12.5 Å². The van der Waals surface area contributed by atoms with Crippen molar-refractivity contribution in [2.45, 2.75) is 25.7 Å². The fourth-order valence-corrected chi connectivity index (χ4v) is 2.53. The van der Waals surface area contributed by atoms with Crippen LogP contribution in [-0.4, -0.2) is 55.9 Å². The molecule has 1 aliphatic heterocycles. The molecule has 1 N–H and O–H groups in total. The number of hydrogen-bond acceptors (Lipinski definition) is 5. The van der Waals surface area contributed by atoms with Gasteiger partial charge in [-0.2, -0.15) is 0 Å². The monoisotopic (exact) mass is 265 g/mol. The summed E-state index contributed by atoms with van der Waals surface area (Å²) < 4.78 is 10.9. The minimum absolute atomic E-state index is 0.157. The van der Waals surface area contributed by atoms with Crippen molar-refractivity contribution in [3.05, 3.63) is 23.9 Å². The third-order valence-corrected chi connectivity index (χ3v) is 3.53. The third kappa shape index (κ3) is 3.43. The number of ether oxygens (including phenoxy) is 2. The lowest BCUT2D eigenvalue weighted by Crippen LogP contribution is -2.27. The van der Waals surface area contributed by atoms with Gasteiger partial charge in [0.25, 0.3) is 0 Å². The Kier molecular flexibility index (Phi) is 5.13. The molecule has 1 aromatic heterocycles. The van der Waals surface area contributed by atoms with E-state index in [1.807, 2.05) is 12.3 Å². The summed E-state index contributed by atoms with van der Waals surface area (Å²) in [5, 5.41) is 3.30. The lowest BCUT2D eigenvalue weighted by molar-refractivity contribution is -0.00461. The highest BCUT2D eigenvalue weighted by molar-refractivity contribution is 5.43. The summed E-state index contributed by atoms with van der Waals surface area (Å²) >= 11 is 0. The zero-order valence-electron chi connectivity index (χ0n) is 11.9. The summed E-state index contributed by atoms with van der Waals surface area (Å²) in [6, 6.07) is 4.10. The molecule has 2 atom stereocenters. The second kappa shape index (κ2) is 6.84. The Bertz CT molecular complexity index is 388. The molecule has 2 heterocycles. The quantitative estimate of drug-likeness (QED) is 0.841. The second-order valence-electron chi connectivity index (χ2n) is 4.78. The molecule has 106 valence electrons. The van der Waals surface area contributed by atoms with Gasteiger partial charge in [-0.3, -0.25) is 4.90 Å². The Labute approximate surface area is 114 Å². The molecule has 19 heavy (non-hydrogen) atoms. The zero-order valence-corrected chi connectivity index (χ0v) is 11.9. The Morgan fingerprint density at radius 3 is 2.58 bits per heavy atom. The van der Waals surface area contributed by atoms with Crippen molar-refractivity contribution < 1.29 is 9.47 Å². The van der Waals surface area contributed by atoms with Gasteiger partial charge in [-0.15, -0.1) is 0 Å². The summed E-state index contributed by atoms with van der Waals surface area (Å²) in [6.07, 6.45) is 2.13. The fraction of sp³-hybridized carbons (Fsp3) is 0.643. The molecule has 2 rings (SSSR count).